The van der Waals surface area contributed by atoms with Gasteiger partial charge in [-0.1, -0.05) is 6.07 Å². The van der Waals surface area contributed by atoms with Crippen LogP contribution in [-0.4, -0.2) is 16.6 Å². The molecule has 2 aromatic rings. The van der Waals surface area contributed by atoms with E-state index >= 15 is 0 Å². The number of nitriles is 1. The van der Waals surface area contributed by atoms with Gasteiger partial charge in [0, 0.05) is 18.5 Å². The molecule has 0 saturated heterocycles. The standard InChI is InChI=1S/C13H11N3O2/c1-2-17-10-4-3-5-11(8-10)18-13-12(9-14)15-6-7-16-13/h3-8H,2H2,1H3. The highest BCUT2D eigenvalue weighted by atomic mass is 16.5. The topological polar surface area (TPSA) is 68.0 Å². The first-order valence-electron chi connectivity index (χ1n) is 5.45. The lowest BCUT2D eigenvalue weighted by Crippen LogP contribution is -1.95. The third kappa shape index (κ3) is 2.74. The summed E-state index contributed by atoms with van der Waals surface area (Å²) in [6, 6.07) is 9.06. The number of aromatic nitrogens is 2. The van der Waals surface area contributed by atoms with E-state index < -0.39 is 0 Å². The van der Waals surface area contributed by atoms with Crippen LogP contribution in [0.5, 0.6) is 17.4 Å². The van der Waals surface area contributed by atoms with Crippen LogP contribution in [0.25, 0.3) is 0 Å². The largest absolute Gasteiger partial charge is 0.494 e. The first-order chi connectivity index (χ1) is 8.83. The lowest BCUT2D eigenvalue weighted by molar-refractivity contribution is 0.338. The number of hydrogen-bond acceptors (Lipinski definition) is 5. The van der Waals surface area contributed by atoms with Gasteiger partial charge in [-0.25, -0.2) is 9.97 Å². The Kier molecular flexibility index (Phi) is 3.72. The second kappa shape index (κ2) is 5.64. The maximum atomic E-state index is 8.88. The summed E-state index contributed by atoms with van der Waals surface area (Å²) < 4.78 is 10.9. The monoisotopic (exact) mass is 241 g/mol. The maximum Gasteiger partial charge on any atom is 0.256 e. The van der Waals surface area contributed by atoms with Crippen LogP contribution >= 0.6 is 0 Å². The lowest BCUT2D eigenvalue weighted by atomic mass is 10.3. The van der Waals surface area contributed by atoms with Crippen LogP contribution in [0.2, 0.25) is 0 Å². The van der Waals surface area contributed by atoms with Gasteiger partial charge in [-0.3, -0.25) is 0 Å². The Morgan fingerprint density at radius 3 is 2.78 bits per heavy atom. The van der Waals surface area contributed by atoms with Crippen molar-refractivity contribution in [1.82, 2.24) is 9.97 Å². The Bertz CT molecular complexity index is 578. The molecule has 1 aromatic heterocycles. The Morgan fingerprint density at radius 2 is 2.00 bits per heavy atom. The number of rotatable bonds is 4. The van der Waals surface area contributed by atoms with Gasteiger partial charge < -0.3 is 9.47 Å². The highest BCUT2D eigenvalue weighted by Crippen LogP contribution is 2.25. The third-order valence-corrected chi connectivity index (χ3v) is 2.10. The second-order valence-corrected chi connectivity index (χ2v) is 3.33. The van der Waals surface area contributed by atoms with Crippen molar-refractivity contribution >= 4 is 0 Å². The van der Waals surface area contributed by atoms with Gasteiger partial charge in [0.05, 0.1) is 6.61 Å². The molecule has 5 heteroatoms. The molecule has 0 atom stereocenters. The van der Waals surface area contributed by atoms with Crippen LogP contribution in [0.4, 0.5) is 0 Å². The molecular weight excluding hydrogens is 230 g/mol. The zero-order valence-electron chi connectivity index (χ0n) is 9.83. The highest BCUT2D eigenvalue weighted by molar-refractivity contribution is 5.38. The van der Waals surface area contributed by atoms with Crippen LogP contribution in [0.3, 0.4) is 0 Å². The first kappa shape index (κ1) is 11.9. The van der Waals surface area contributed by atoms with E-state index in [9.17, 15) is 0 Å². The van der Waals surface area contributed by atoms with E-state index in [1.807, 2.05) is 25.1 Å². The summed E-state index contributed by atoms with van der Waals surface area (Å²) in [6.45, 7) is 2.49. The lowest BCUT2D eigenvalue weighted by Gasteiger charge is -2.07. The molecule has 1 heterocycles. The van der Waals surface area contributed by atoms with Gasteiger partial charge in [-0.05, 0) is 19.1 Å². The summed E-state index contributed by atoms with van der Waals surface area (Å²) in [6.07, 6.45) is 2.92. The molecule has 5 nitrogen and oxygen atoms in total. The van der Waals surface area contributed by atoms with Crippen LogP contribution < -0.4 is 9.47 Å². The van der Waals surface area contributed by atoms with E-state index in [-0.39, 0.29) is 11.6 Å². The minimum atomic E-state index is 0.152. The normalized spacial score (nSPS) is 9.56. The summed E-state index contributed by atoms with van der Waals surface area (Å²) in [5.41, 5.74) is 0.152. The maximum absolute atomic E-state index is 8.88. The van der Waals surface area contributed by atoms with E-state index in [0.717, 1.165) is 0 Å². The summed E-state index contributed by atoms with van der Waals surface area (Å²) in [4.78, 5) is 7.84. The molecule has 0 amide bonds. The Labute approximate surface area is 105 Å². The SMILES string of the molecule is CCOc1cccc(Oc2nccnc2C#N)c1. The molecule has 1 aromatic carbocycles. The van der Waals surface area contributed by atoms with Crippen molar-refractivity contribution in [3.63, 3.8) is 0 Å². The van der Waals surface area contributed by atoms with E-state index in [2.05, 4.69) is 9.97 Å². The van der Waals surface area contributed by atoms with Crippen LogP contribution in [0, 0.1) is 11.3 Å². The summed E-state index contributed by atoms with van der Waals surface area (Å²) >= 11 is 0. The van der Waals surface area contributed by atoms with Crippen molar-refractivity contribution in [2.24, 2.45) is 0 Å². The summed E-state index contributed by atoms with van der Waals surface area (Å²) in [5.74, 6) is 1.45. The molecule has 0 spiro atoms. The molecule has 0 fully saturated rings. The third-order valence-electron chi connectivity index (χ3n) is 2.10. The van der Waals surface area contributed by atoms with Gasteiger partial charge >= 0.3 is 0 Å². The molecule has 0 aliphatic carbocycles. The van der Waals surface area contributed by atoms with Crippen molar-refractivity contribution in [2.75, 3.05) is 6.61 Å². The molecule has 18 heavy (non-hydrogen) atoms. The molecule has 2 rings (SSSR count). The van der Waals surface area contributed by atoms with Gasteiger partial charge in [-0.15, -0.1) is 0 Å². The predicted molar refractivity (Wildman–Crippen MR) is 64.4 cm³/mol. The van der Waals surface area contributed by atoms with E-state index in [1.54, 1.807) is 12.1 Å². The molecule has 0 aliphatic rings. The van der Waals surface area contributed by atoms with Crippen LogP contribution in [-0.2, 0) is 0 Å². The molecule has 0 N–H and O–H groups in total. The molecule has 0 radical (unpaired) electrons. The van der Waals surface area contributed by atoms with E-state index in [4.69, 9.17) is 14.7 Å². The highest BCUT2D eigenvalue weighted by Gasteiger charge is 2.07. The fourth-order valence-corrected chi connectivity index (χ4v) is 1.38. The van der Waals surface area contributed by atoms with Crippen molar-refractivity contribution in [3.05, 3.63) is 42.4 Å². The molecule has 0 bridgehead atoms. The van der Waals surface area contributed by atoms with Gasteiger partial charge in [0.15, 0.2) is 0 Å². The fourth-order valence-electron chi connectivity index (χ4n) is 1.38. The second-order valence-electron chi connectivity index (χ2n) is 3.33. The zero-order valence-corrected chi connectivity index (χ0v) is 9.83. The minimum Gasteiger partial charge on any atom is -0.494 e. The summed E-state index contributed by atoms with van der Waals surface area (Å²) in [5, 5.41) is 8.88. The number of hydrogen-bond donors (Lipinski definition) is 0. The van der Waals surface area contributed by atoms with Gasteiger partial charge in [-0.2, -0.15) is 5.26 Å². The van der Waals surface area contributed by atoms with E-state index in [1.165, 1.54) is 12.4 Å². The smallest absolute Gasteiger partial charge is 0.256 e. The van der Waals surface area contributed by atoms with Gasteiger partial charge in [0.2, 0.25) is 5.69 Å². The van der Waals surface area contributed by atoms with Gasteiger partial charge in [0.1, 0.15) is 17.6 Å². The average molecular weight is 241 g/mol. The van der Waals surface area contributed by atoms with Crippen molar-refractivity contribution in [3.8, 4) is 23.4 Å². The predicted octanol–water partition coefficient (Wildman–Crippen LogP) is 2.54. The molecule has 90 valence electrons. The summed E-state index contributed by atoms with van der Waals surface area (Å²) in [7, 11) is 0. The zero-order chi connectivity index (χ0) is 12.8. The Balaban J connectivity index is 2.23. The molecule has 0 aliphatic heterocycles. The molecule has 0 saturated carbocycles. The van der Waals surface area contributed by atoms with Crippen LogP contribution in [0.1, 0.15) is 12.6 Å². The number of nitrogens with zero attached hydrogens (tertiary/aromatic N) is 3. The Hall–Kier alpha value is -2.61. The van der Waals surface area contributed by atoms with Crippen molar-refractivity contribution < 1.29 is 9.47 Å². The van der Waals surface area contributed by atoms with E-state index in [0.29, 0.717) is 18.1 Å². The number of benzene rings is 1. The van der Waals surface area contributed by atoms with Crippen molar-refractivity contribution in [1.29, 1.82) is 5.26 Å². The Morgan fingerprint density at radius 1 is 1.22 bits per heavy atom. The van der Waals surface area contributed by atoms with Gasteiger partial charge in [0.25, 0.3) is 5.88 Å². The minimum absolute atomic E-state index is 0.152. The quantitative estimate of drug-likeness (QED) is 0.822. The number of ether oxygens (including phenoxy) is 2. The molecule has 0 unspecified atom stereocenters. The fraction of sp³-hybridized carbons (Fsp3) is 0.154. The first-order valence-corrected chi connectivity index (χ1v) is 5.45. The average Bonchev–Trinajstić information content (AvgIpc) is 2.40. The molecular formula is C13H11N3O2. The van der Waals surface area contributed by atoms with Crippen LogP contribution in [0.15, 0.2) is 36.7 Å². The van der Waals surface area contributed by atoms with Crippen molar-refractivity contribution in [2.45, 2.75) is 6.92 Å².